The summed E-state index contributed by atoms with van der Waals surface area (Å²) in [5.74, 6) is 0.561. The monoisotopic (exact) mass is 270 g/mol. The second-order valence-corrected chi connectivity index (χ2v) is 3.67. The zero-order valence-corrected chi connectivity index (χ0v) is 10.0. The van der Waals surface area contributed by atoms with E-state index in [1.807, 2.05) is 18.2 Å². The molecular weight excluding hydrogens is 260 g/mol. The van der Waals surface area contributed by atoms with Crippen molar-refractivity contribution in [3.63, 3.8) is 0 Å². The van der Waals surface area contributed by atoms with E-state index in [0.717, 1.165) is 15.8 Å². The van der Waals surface area contributed by atoms with E-state index in [-0.39, 0.29) is 5.91 Å². The number of hydrogen-bond donors (Lipinski definition) is 1. The fraction of sp³-hybridized carbons (Fsp3) is 0.200. The number of amides is 1. The highest BCUT2D eigenvalue weighted by atomic mass is 79.9. The normalized spacial score (nSPS) is 10.3. The first-order valence-electron chi connectivity index (χ1n) is 4.26. The van der Waals surface area contributed by atoms with Gasteiger partial charge in [-0.1, -0.05) is 0 Å². The Morgan fingerprint density at radius 2 is 2.33 bits per heavy atom. The van der Waals surface area contributed by atoms with Crippen molar-refractivity contribution < 1.29 is 9.53 Å². The largest absolute Gasteiger partial charge is 0.496 e. The van der Waals surface area contributed by atoms with Gasteiger partial charge in [-0.3, -0.25) is 4.79 Å². The zero-order valence-electron chi connectivity index (χ0n) is 8.45. The predicted molar refractivity (Wildman–Crippen MR) is 62.1 cm³/mol. The molecule has 0 aliphatic heterocycles. The van der Waals surface area contributed by atoms with Crippen molar-refractivity contribution in [2.24, 2.45) is 5.10 Å². The lowest BCUT2D eigenvalue weighted by Crippen LogP contribution is -2.12. The van der Waals surface area contributed by atoms with Gasteiger partial charge in [-0.05, 0) is 39.7 Å². The van der Waals surface area contributed by atoms with Crippen LogP contribution in [0.15, 0.2) is 27.8 Å². The SMILES string of the molecule is COc1ccc(/C=N\NC(C)=O)cc1Br. The van der Waals surface area contributed by atoms with E-state index in [0.29, 0.717) is 0 Å². The highest BCUT2D eigenvalue weighted by molar-refractivity contribution is 9.10. The number of hydrogen-bond acceptors (Lipinski definition) is 3. The smallest absolute Gasteiger partial charge is 0.236 e. The van der Waals surface area contributed by atoms with Gasteiger partial charge in [0, 0.05) is 6.92 Å². The molecule has 0 unspecified atom stereocenters. The summed E-state index contributed by atoms with van der Waals surface area (Å²) in [5, 5.41) is 3.75. The van der Waals surface area contributed by atoms with Gasteiger partial charge in [-0.2, -0.15) is 5.10 Å². The Labute approximate surface area is 96.4 Å². The van der Waals surface area contributed by atoms with E-state index in [1.165, 1.54) is 6.92 Å². The summed E-state index contributed by atoms with van der Waals surface area (Å²) in [4.78, 5) is 10.5. The molecule has 0 fully saturated rings. The number of benzene rings is 1. The molecule has 4 nitrogen and oxygen atoms in total. The van der Waals surface area contributed by atoms with Gasteiger partial charge in [-0.25, -0.2) is 5.43 Å². The molecule has 0 aliphatic carbocycles. The minimum atomic E-state index is -0.196. The highest BCUT2D eigenvalue weighted by Crippen LogP contribution is 2.24. The Balaban J connectivity index is 2.75. The quantitative estimate of drug-likeness (QED) is 0.674. The molecule has 0 atom stereocenters. The van der Waals surface area contributed by atoms with Crippen LogP contribution in [0, 0.1) is 0 Å². The lowest BCUT2D eigenvalue weighted by molar-refractivity contribution is -0.118. The Hall–Kier alpha value is -1.36. The second kappa shape index (κ2) is 5.50. The van der Waals surface area contributed by atoms with Gasteiger partial charge in [0.25, 0.3) is 0 Å². The summed E-state index contributed by atoms with van der Waals surface area (Å²) in [6.07, 6.45) is 1.56. The molecule has 1 amide bonds. The van der Waals surface area contributed by atoms with Gasteiger partial charge < -0.3 is 4.74 Å². The summed E-state index contributed by atoms with van der Waals surface area (Å²) in [6.45, 7) is 1.40. The van der Waals surface area contributed by atoms with Crippen LogP contribution in [0.2, 0.25) is 0 Å². The molecule has 5 heteroatoms. The molecule has 0 saturated heterocycles. The van der Waals surface area contributed by atoms with Crippen LogP contribution in [-0.4, -0.2) is 19.2 Å². The first kappa shape index (κ1) is 11.7. The van der Waals surface area contributed by atoms with Crippen LogP contribution >= 0.6 is 15.9 Å². The Morgan fingerprint density at radius 1 is 1.60 bits per heavy atom. The molecule has 80 valence electrons. The minimum Gasteiger partial charge on any atom is -0.496 e. The van der Waals surface area contributed by atoms with Gasteiger partial charge in [0.15, 0.2) is 0 Å². The Morgan fingerprint density at radius 3 is 2.87 bits per heavy atom. The van der Waals surface area contributed by atoms with Crippen molar-refractivity contribution in [1.82, 2.24) is 5.43 Å². The van der Waals surface area contributed by atoms with Crippen LogP contribution in [0.5, 0.6) is 5.75 Å². The van der Waals surface area contributed by atoms with Crippen molar-refractivity contribution in [3.05, 3.63) is 28.2 Å². The van der Waals surface area contributed by atoms with Crippen molar-refractivity contribution in [1.29, 1.82) is 0 Å². The van der Waals surface area contributed by atoms with E-state index in [4.69, 9.17) is 4.74 Å². The van der Waals surface area contributed by atoms with Crippen LogP contribution in [0.3, 0.4) is 0 Å². The number of hydrazone groups is 1. The molecule has 1 rings (SSSR count). The Bertz CT molecular complexity index is 391. The minimum absolute atomic E-state index is 0.196. The number of rotatable bonds is 3. The summed E-state index contributed by atoms with van der Waals surface area (Å²) in [5.41, 5.74) is 3.20. The van der Waals surface area contributed by atoms with Gasteiger partial charge in [0.1, 0.15) is 5.75 Å². The Kier molecular flexibility index (Phi) is 4.30. The van der Waals surface area contributed by atoms with E-state index in [9.17, 15) is 4.79 Å². The topological polar surface area (TPSA) is 50.7 Å². The third kappa shape index (κ3) is 3.71. The number of nitrogens with zero attached hydrogens (tertiary/aromatic N) is 1. The molecule has 0 aliphatic rings. The molecule has 0 aromatic heterocycles. The van der Waals surface area contributed by atoms with E-state index in [2.05, 4.69) is 26.5 Å². The summed E-state index contributed by atoms with van der Waals surface area (Å²) >= 11 is 3.35. The lowest BCUT2D eigenvalue weighted by Gasteiger charge is -2.02. The molecule has 0 radical (unpaired) electrons. The number of halogens is 1. The summed E-state index contributed by atoms with van der Waals surface area (Å²) in [6, 6.07) is 5.51. The highest BCUT2D eigenvalue weighted by Gasteiger charge is 1.99. The maximum Gasteiger partial charge on any atom is 0.236 e. The number of nitrogens with one attached hydrogen (secondary N) is 1. The summed E-state index contributed by atoms with van der Waals surface area (Å²) in [7, 11) is 1.60. The van der Waals surface area contributed by atoms with Gasteiger partial charge >= 0.3 is 0 Å². The first-order valence-corrected chi connectivity index (χ1v) is 5.06. The van der Waals surface area contributed by atoms with Crippen LogP contribution in [-0.2, 0) is 4.79 Å². The van der Waals surface area contributed by atoms with Gasteiger partial charge in [-0.15, -0.1) is 0 Å². The van der Waals surface area contributed by atoms with Crippen LogP contribution in [0.1, 0.15) is 12.5 Å². The van der Waals surface area contributed by atoms with Crippen molar-refractivity contribution >= 4 is 28.1 Å². The molecule has 0 spiro atoms. The first-order chi connectivity index (χ1) is 7.13. The average Bonchev–Trinajstić information content (AvgIpc) is 2.17. The molecule has 0 saturated carbocycles. The molecule has 1 aromatic rings. The van der Waals surface area contributed by atoms with Crippen LogP contribution in [0.4, 0.5) is 0 Å². The van der Waals surface area contributed by atoms with Gasteiger partial charge in [0.05, 0.1) is 17.8 Å². The molecule has 0 heterocycles. The zero-order chi connectivity index (χ0) is 11.3. The third-order valence-electron chi connectivity index (χ3n) is 1.61. The average molecular weight is 271 g/mol. The van der Waals surface area contributed by atoms with E-state index in [1.54, 1.807) is 13.3 Å². The third-order valence-corrected chi connectivity index (χ3v) is 2.23. The summed E-state index contributed by atoms with van der Waals surface area (Å²) < 4.78 is 5.93. The lowest BCUT2D eigenvalue weighted by atomic mass is 10.2. The fourth-order valence-corrected chi connectivity index (χ4v) is 1.52. The standard InChI is InChI=1S/C10H11BrN2O2/c1-7(14)13-12-6-8-3-4-10(15-2)9(11)5-8/h3-6H,1-2H3,(H,13,14)/b12-6-. The van der Waals surface area contributed by atoms with Gasteiger partial charge in [0.2, 0.25) is 5.91 Å². The molecule has 1 aromatic carbocycles. The fourth-order valence-electron chi connectivity index (χ4n) is 0.961. The van der Waals surface area contributed by atoms with E-state index >= 15 is 0 Å². The van der Waals surface area contributed by atoms with E-state index < -0.39 is 0 Å². The van der Waals surface area contributed by atoms with Crippen LogP contribution in [0.25, 0.3) is 0 Å². The van der Waals surface area contributed by atoms with Crippen molar-refractivity contribution in [2.45, 2.75) is 6.92 Å². The molecular formula is C10H11BrN2O2. The van der Waals surface area contributed by atoms with Crippen molar-refractivity contribution in [2.75, 3.05) is 7.11 Å². The predicted octanol–water partition coefficient (Wildman–Crippen LogP) is 1.93. The number of carbonyl (C=O) groups is 1. The molecule has 1 N–H and O–H groups in total. The second-order valence-electron chi connectivity index (χ2n) is 2.82. The van der Waals surface area contributed by atoms with Crippen molar-refractivity contribution in [3.8, 4) is 5.75 Å². The molecule has 15 heavy (non-hydrogen) atoms. The molecule has 0 bridgehead atoms. The number of carbonyl (C=O) groups excluding carboxylic acids is 1. The maximum absolute atomic E-state index is 10.5. The maximum atomic E-state index is 10.5. The number of methoxy groups -OCH3 is 1. The number of ether oxygens (including phenoxy) is 1. The van der Waals surface area contributed by atoms with Crippen LogP contribution < -0.4 is 10.2 Å².